The molecule has 0 unspecified atom stereocenters. The van der Waals surface area contributed by atoms with Crippen LogP contribution in [0.3, 0.4) is 0 Å². The summed E-state index contributed by atoms with van der Waals surface area (Å²) in [6.07, 6.45) is 3.83. The van der Waals surface area contributed by atoms with Gasteiger partial charge in [-0.1, -0.05) is 30.3 Å². The van der Waals surface area contributed by atoms with E-state index < -0.39 is 0 Å². The molecule has 0 fully saturated rings. The second-order valence-electron chi connectivity index (χ2n) is 4.90. The van der Waals surface area contributed by atoms with Gasteiger partial charge in [-0.3, -0.25) is 0 Å². The molecule has 96 valence electrons. The van der Waals surface area contributed by atoms with Crippen molar-refractivity contribution in [1.29, 1.82) is 0 Å². The number of rotatable bonds is 5. The lowest BCUT2D eigenvalue weighted by molar-refractivity contribution is 0.518. The maximum atomic E-state index is 4.22. The lowest BCUT2D eigenvalue weighted by atomic mass is 10.1. The summed E-state index contributed by atoms with van der Waals surface area (Å²) in [5, 5.41) is 3.54. The third kappa shape index (κ3) is 2.99. The average Bonchev–Trinajstić information content (AvgIpc) is 2.85. The highest BCUT2D eigenvalue weighted by Crippen LogP contribution is 2.13. The fraction of sp³-hybridized carbons (Fsp3) is 0.400. The molecule has 1 atom stereocenters. The molecule has 0 aliphatic heterocycles. The summed E-state index contributed by atoms with van der Waals surface area (Å²) in [6.45, 7) is 7.37. The van der Waals surface area contributed by atoms with Crippen molar-refractivity contribution in [3.63, 3.8) is 0 Å². The van der Waals surface area contributed by atoms with Crippen LogP contribution >= 0.6 is 0 Å². The van der Waals surface area contributed by atoms with Crippen molar-refractivity contribution in [1.82, 2.24) is 14.9 Å². The number of hydrogen-bond acceptors (Lipinski definition) is 2. The zero-order chi connectivity index (χ0) is 13.0. The molecule has 3 heteroatoms. The summed E-state index contributed by atoms with van der Waals surface area (Å²) < 4.78 is 2.20. The quantitative estimate of drug-likeness (QED) is 0.873. The summed E-state index contributed by atoms with van der Waals surface area (Å²) in [6, 6.07) is 11.3. The largest absolute Gasteiger partial charge is 0.331 e. The molecule has 2 rings (SSSR count). The lowest BCUT2D eigenvalue weighted by Gasteiger charge is -2.16. The number of benzene rings is 1. The first-order valence-corrected chi connectivity index (χ1v) is 6.47. The van der Waals surface area contributed by atoms with Crippen molar-refractivity contribution in [2.75, 3.05) is 0 Å². The van der Waals surface area contributed by atoms with E-state index in [4.69, 9.17) is 0 Å². The summed E-state index contributed by atoms with van der Waals surface area (Å²) in [4.78, 5) is 4.22. The molecule has 1 aromatic heterocycles. The van der Waals surface area contributed by atoms with Crippen LogP contribution in [-0.2, 0) is 6.54 Å². The standard InChI is InChI=1S/C15H21N3/c1-12(2)18-11-16-9-15(18)10-17-13(3)14-7-5-4-6-8-14/h4-9,11-13,17H,10H2,1-3H3/t13-/m0/s1. The Hall–Kier alpha value is -1.61. The third-order valence-electron chi connectivity index (χ3n) is 3.19. The maximum Gasteiger partial charge on any atom is 0.0951 e. The second kappa shape index (κ2) is 5.83. The van der Waals surface area contributed by atoms with Crippen LogP contribution in [0.1, 0.15) is 44.1 Å². The first kappa shape index (κ1) is 12.8. The minimum Gasteiger partial charge on any atom is -0.331 e. The Balaban J connectivity index is 1.97. The minimum absolute atomic E-state index is 0.349. The van der Waals surface area contributed by atoms with E-state index in [1.807, 2.05) is 18.6 Å². The first-order valence-electron chi connectivity index (χ1n) is 6.47. The van der Waals surface area contributed by atoms with Crippen LogP contribution in [0, 0.1) is 0 Å². The summed E-state index contributed by atoms with van der Waals surface area (Å²) in [5.74, 6) is 0. The normalized spacial score (nSPS) is 12.9. The van der Waals surface area contributed by atoms with Crippen LogP contribution in [0.2, 0.25) is 0 Å². The van der Waals surface area contributed by atoms with Gasteiger partial charge in [0.1, 0.15) is 0 Å². The molecular weight excluding hydrogens is 222 g/mol. The van der Waals surface area contributed by atoms with E-state index in [9.17, 15) is 0 Å². The van der Waals surface area contributed by atoms with E-state index in [1.165, 1.54) is 11.3 Å². The van der Waals surface area contributed by atoms with Gasteiger partial charge in [0.05, 0.1) is 12.0 Å². The molecule has 0 amide bonds. The highest BCUT2D eigenvalue weighted by molar-refractivity contribution is 5.18. The Kier molecular flexibility index (Phi) is 4.15. The van der Waals surface area contributed by atoms with Gasteiger partial charge < -0.3 is 9.88 Å². The van der Waals surface area contributed by atoms with E-state index in [-0.39, 0.29) is 0 Å². The second-order valence-corrected chi connectivity index (χ2v) is 4.90. The van der Waals surface area contributed by atoms with Crippen LogP contribution < -0.4 is 5.32 Å². The molecule has 1 heterocycles. The molecule has 0 spiro atoms. The molecule has 1 N–H and O–H groups in total. The van der Waals surface area contributed by atoms with Crippen LogP contribution in [0.4, 0.5) is 0 Å². The highest BCUT2D eigenvalue weighted by Gasteiger charge is 2.08. The molecular formula is C15H21N3. The zero-order valence-corrected chi connectivity index (χ0v) is 11.3. The Morgan fingerprint density at radius 1 is 1.17 bits per heavy atom. The van der Waals surface area contributed by atoms with Gasteiger partial charge in [-0.05, 0) is 26.3 Å². The van der Waals surface area contributed by atoms with Crippen molar-refractivity contribution in [2.45, 2.75) is 39.4 Å². The van der Waals surface area contributed by atoms with Gasteiger partial charge in [0.15, 0.2) is 0 Å². The van der Waals surface area contributed by atoms with Crippen molar-refractivity contribution in [3.05, 3.63) is 54.1 Å². The molecule has 0 bridgehead atoms. The monoisotopic (exact) mass is 243 g/mol. The van der Waals surface area contributed by atoms with Crippen molar-refractivity contribution < 1.29 is 0 Å². The van der Waals surface area contributed by atoms with Gasteiger partial charge in [0, 0.05) is 24.8 Å². The predicted octanol–water partition coefficient (Wildman–Crippen LogP) is 3.31. The molecule has 0 aliphatic rings. The number of imidazole rings is 1. The SMILES string of the molecule is CC(C)n1cncc1CN[C@@H](C)c1ccccc1. The van der Waals surface area contributed by atoms with Gasteiger partial charge >= 0.3 is 0 Å². The third-order valence-corrected chi connectivity index (χ3v) is 3.19. The number of aromatic nitrogens is 2. The van der Waals surface area contributed by atoms with Crippen LogP contribution in [0.15, 0.2) is 42.9 Å². The Morgan fingerprint density at radius 3 is 2.56 bits per heavy atom. The molecule has 2 aromatic rings. The number of hydrogen-bond donors (Lipinski definition) is 1. The van der Waals surface area contributed by atoms with E-state index in [1.54, 1.807) is 0 Å². The Bertz CT molecular complexity index is 473. The topological polar surface area (TPSA) is 29.9 Å². The summed E-state index contributed by atoms with van der Waals surface area (Å²) >= 11 is 0. The van der Waals surface area contributed by atoms with Crippen molar-refractivity contribution in [3.8, 4) is 0 Å². The minimum atomic E-state index is 0.349. The predicted molar refractivity (Wildman–Crippen MR) is 74.3 cm³/mol. The summed E-state index contributed by atoms with van der Waals surface area (Å²) in [7, 11) is 0. The molecule has 0 saturated carbocycles. The van der Waals surface area contributed by atoms with Gasteiger partial charge in [0.2, 0.25) is 0 Å². The molecule has 0 saturated heterocycles. The highest BCUT2D eigenvalue weighted by atomic mass is 15.1. The van der Waals surface area contributed by atoms with E-state index in [0.29, 0.717) is 12.1 Å². The van der Waals surface area contributed by atoms with Gasteiger partial charge in [-0.25, -0.2) is 4.98 Å². The van der Waals surface area contributed by atoms with Crippen molar-refractivity contribution >= 4 is 0 Å². The Morgan fingerprint density at radius 2 is 1.89 bits per heavy atom. The average molecular weight is 243 g/mol. The fourth-order valence-corrected chi connectivity index (χ4v) is 2.05. The number of nitrogens with zero attached hydrogens (tertiary/aromatic N) is 2. The molecule has 3 nitrogen and oxygen atoms in total. The maximum absolute atomic E-state index is 4.22. The fourth-order valence-electron chi connectivity index (χ4n) is 2.05. The molecule has 1 aromatic carbocycles. The van der Waals surface area contributed by atoms with E-state index in [0.717, 1.165) is 6.54 Å². The first-order chi connectivity index (χ1) is 8.68. The molecule has 0 aliphatic carbocycles. The molecule has 0 radical (unpaired) electrons. The number of nitrogens with one attached hydrogen (secondary N) is 1. The Labute approximate surface area is 109 Å². The van der Waals surface area contributed by atoms with Crippen molar-refractivity contribution in [2.24, 2.45) is 0 Å². The van der Waals surface area contributed by atoms with Crippen LogP contribution in [-0.4, -0.2) is 9.55 Å². The van der Waals surface area contributed by atoms with E-state index in [2.05, 4.69) is 59.9 Å². The van der Waals surface area contributed by atoms with Gasteiger partial charge in [0.25, 0.3) is 0 Å². The summed E-state index contributed by atoms with van der Waals surface area (Å²) in [5.41, 5.74) is 2.54. The van der Waals surface area contributed by atoms with Gasteiger partial charge in [-0.15, -0.1) is 0 Å². The van der Waals surface area contributed by atoms with E-state index >= 15 is 0 Å². The van der Waals surface area contributed by atoms with Gasteiger partial charge in [-0.2, -0.15) is 0 Å². The van der Waals surface area contributed by atoms with Crippen LogP contribution in [0.5, 0.6) is 0 Å². The molecule has 18 heavy (non-hydrogen) atoms. The van der Waals surface area contributed by atoms with Crippen LogP contribution in [0.25, 0.3) is 0 Å². The lowest BCUT2D eigenvalue weighted by Crippen LogP contribution is -2.20. The smallest absolute Gasteiger partial charge is 0.0951 e. The zero-order valence-electron chi connectivity index (χ0n) is 11.3.